The Kier molecular flexibility index (Phi) is 7.23. The van der Waals surface area contributed by atoms with Crippen LogP contribution in [0.3, 0.4) is 0 Å². The summed E-state index contributed by atoms with van der Waals surface area (Å²) in [6.45, 7) is 4.93. The molecule has 6 nitrogen and oxygen atoms in total. The molecule has 1 aliphatic heterocycles. The van der Waals surface area contributed by atoms with Crippen molar-refractivity contribution in [3.05, 3.63) is 101 Å². The minimum absolute atomic E-state index is 0.0816. The topological polar surface area (TPSA) is 70.7 Å². The van der Waals surface area contributed by atoms with E-state index in [-0.39, 0.29) is 23.7 Å². The van der Waals surface area contributed by atoms with Gasteiger partial charge in [-0.2, -0.15) is 0 Å². The zero-order valence-electron chi connectivity index (χ0n) is 22.3. The number of methoxy groups -OCH3 is 1. The zero-order chi connectivity index (χ0) is 26.7. The summed E-state index contributed by atoms with van der Waals surface area (Å²) in [5.41, 5.74) is 5.45. The van der Waals surface area contributed by atoms with E-state index in [1.54, 1.807) is 7.11 Å². The number of hydrogen-bond acceptors (Lipinski definition) is 5. The van der Waals surface area contributed by atoms with Gasteiger partial charge in [0, 0.05) is 24.2 Å². The van der Waals surface area contributed by atoms with Crippen LogP contribution in [-0.4, -0.2) is 31.9 Å². The van der Waals surface area contributed by atoms with Gasteiger partial charge in [-0.05, 0) is 53.6 Å². The van der Waals surface area contributed by atoms with Crippen LogP contribution in [0.25, 0.3) is 0 Å². The Bertz CT molecular complexity index is 1350. The van der Waals surface area contributed by atoms with Gasteiger partial charge in [0.1, 0.15) is 5.75 Å². The van der Waals surface area contributed by atoms with Crippen LogP contribution in [0, 0.1) is 5.41 Å². The number of benzene rings is 3. The van der Waals surface area contributed by atoms with Gasteiger partial charge < -0.3 is 20.3 Å². The van der Waals surface area contributed by atoms with Crippen molar-refractivity contribution in [2.45, 2.75) is 39.2 Å². The highest BCUT2D eigenvalue weighted by Crippen LogP contribution is 2.48. The summed E-state index contributed by atoms with van der Waals surface area (Å²) in [7, 11) is 1.64. The van der Waals surface area contributed by atoms with E-state index in [1.807, 2.05) is 66.7 Å². The van der Waals surface area contributed by atoms with Crippen LogP contribution in [0.2, 0.25) is 0 Å². The highest BCUT2D eigenvalue weighted by atomic mass is 16.5. The molecule has 5 rings (SSSR count). The molecule has 0 radical (unpaired) electrons. The highest BCUT2D eigenvalue weighted by Gasteiger charge is 2.41. The van der Waals surface area contributed by atoms with Crippen LogP contribution >= 0.6 is 0 Å². The maximum atomic E-state index is 13.8. The molecule has 6 heteroatoms. The van der Waals surface area contributed by atoms with E-state index in [2.05, 4.69) is 41.5 Å². The molecule has 1 aliphatic carbocycles. The highest BCUT2D eigenvalue weighted by molar-refractivity contribution is 6.01. The summed E-state index contributed by atoms with van der Waals surface area (Å²) in [6, 6.07) is 25.5. The van der Waals surface area contributed by atoms with E-state index in [9.17, 15) is 9.59 Å². The molecule has 196 valence electrons. The zero-order valence-corrected chi connectivity index (χ0v) is 22.3. The number of nitrogens with zero attached hydrogens (tertiary/aromatic N) is 1. The number of ketones is 1. The predicted octanol–water partition coefficient (Wildman–Crippen LogP) is 5.67. The third kappa shape index (κ3) is 5.44. The quantitative estimate of drug-likeness (QED) is 0.429. The van der Waals surface area contributed by atoms with Crippen LogP contribution in [0.15, 0.2) is 90.1 Å². The molecule has 0 saturated carbocycles. The Labute approximate surface area is 224 Å². The number of carbonyl (C=O) groups is 2. The normalized spacial score (nSPS) is 18.1. The molecule has 2 aliphatic rings. The van der Waals surface area contributed by atoms with E-state index in [4.69, 9.17) is 4.74 Å². The van der Waals surface area contributed by atoms with Crippen LogP contribution in [-0.2, 0) is 16.0 Å². The Morgan fingerprint density at radius 2 is 1.71 bits per heavy atom. The average Bonchev–Trinajstić information content (AvgIpc) is 3.03. The van der Waals surface area contributed by atoms with Crippen molar-refractivity contribution in [1.29, 1.82) is 0 Å². The van der Waals surface area contributed by atoms with Crippen molar-refractivity contribution in [3.8, 4) is 5.75 Å². The summed E-state index contributed by atoms with van der Waals surface area (Å²) in [5, 5.41) is 6.69. The smallest absolute Gasteiger partial charge is 0.239 e. The van der Waals surface area contributed by atoms with E-state index in [0.29, 0.717) is 13.0 Å². The molecular weight excluding hydrogens is 474 g/mol. The molecule has 0 saturated heterocycles. The lowest BCUT2D eigenvalue weighted by molar-refractivity contribution is -0.120. The van der Waals surface area contributed by atoms with Gasteiger partial charge >= 0.3 is 0 Å². The molecular formula is C32H35N3O3. The van der Waals surface area contributed by atoms with Gasteiger partial charge in [0.2, 0.25) is 5.91 Å². The number of fused-ring (bicyclic) bond motifs is 1. The summed E-state index contributed by atoms with van der Waals surface area (Å²) in [5.74, 6) is 0.783. The fourth-order valence-electron chi connectivity index (χ4n) is 5.56. The number of nitrogens with one attached hydrogen (secondary N) is 2. The molecule has 1 unspecified atom stereocenters. The van der Waals surface area contributed by atoms with Crippen LogP contribution in [0.1, 0.15) is 43.9 Å². The van der Waals surface area contributed by atoms with Gasteiger partial charge in [0.25, 0.3) is 0 Å². The molecule has 38 heavy (non-hydrogen) atoms. The summed E-state index contributed by atoms with van der Waals surface area (Å²) >= 11 is 0. The third-order valence-corrected chi connectivity index (χ3v) is 7.33. The largest absolute Gasteiger partial charge is 0.497 e. The van der Waals surface area contributed by atoms with E-state index < -0.39 is 6.04 Å². The Morgan fingerprint density at radius 1 is 1.00 bits per heavy atom. The molecule has 3 aromatic carbocycles. The van der Waals surface area contributed by atoms with Gasteiger partial charge in [0.05, 0.1) is 31.1 Å². The van der Waals surface area contributed by atoms with Gasteiger partial charge in [-0.3, -0.25) is 9.59 Å². The first-order chi connectivity index (χ1) is 18.3. The molecule has 1 heterocycles. The summed E-state index contributed by atoms with van der Waals surface area (Å²) < 4.78 is 5.40. The van der Waals surface area contributed by atoms with Gasteiger partial charge in [-0.25, -0.2) is 0 Å². The van der Waals surface area contributed by atoms with Gasteiger partial charge in [-0.15, -0.1) is 0 Å². The van der Waals surface area contributed by atoms with Crippen LogP contribution in [0.5, 0.6) is 5.75 Å². The van der Waals surface area contributed by atoms with Gasteiger partial charge in [0.15, 0.2) is 5.78 Å². The number of carbonyl (C=O) groups excluding carboxylic acids is 2. The van der Waals surface area contributed by atoms with Crippen molar-refractivity contribution in [2.24, 2.45) is 5.41 Å². The fraction of sp³-hybridized carbons (Fsp3) is 0.312. The second-order valence-corrected chi connectivity index (χ2v) is 10.9. The molecule has 2 N–H and O–H groups in total. The standard InChI is InChI=1S/C32H35N3O3/c1-32(2)19-26-30(28(36)20-32)31(23-13-15-24(38-3)16-14-23)35(27-12-8-7-11-25(27)34-26)21-29(37)33-18-17-22-9-5-4-6-10-22/h4-16,31,34H,17-21H2,1-3H3,(H,33,37). The lowest BCUT2D eigenvalue weighted by Crippen LogP contribution is -2.42. The number of hydrogen-bond donors (Lipinski definition) is 2. The first kappa shape index (κ1) is 25.6. The van der Waals surface area contributed by atoms with Crippen molar-refractivity contribution in [2.75, 3.05) is 30.4 Å². The number of rotatable bonds is 7. The number of amides is 1. The first-order valence-electron chi connectivity index (χ1n) is 13.2. The summed E-state index contributed by atoms with van der Waals surface area (Å²) in [4.78, 5) is 29.2. The van der Waals surface area contributed by atoms with Crippen LogP contribution in [0.4, 0.5) is 11.4 Å². The maximum absolute atomic E-state index is 13.8. The number of anilines is 2. The maximum Gasteiger partial charge on any atom is 0.239 e. The SMILES string of the molecule is COc1ccc(C2C3=C(CC(C)(C)CC3=O)Nc3ccccc3N2CC(=O)NCCc2ccccc2)cc1. The lowest BCUT2D eigenvalue weighted by Gasteiger charge is -2.38. The molecule has 0 aromatic heterocycles. The van der Waals surface area contributed by atoms with Gasteiger partial charge in [-0.1, -0.05) is 68.4 Å². The van der Waals surface area contributed by atoms with E-state index >= 15 is 0 Å². The number of ether oxygens (including phenoxy) is 1. The minimum atomic E-state index is -0.407. The fourth-order valence-corrected chi connectivity index (χ4v) is 5.56. The number of allylic oxidation sites excluding steroid dienone is 1. The number of para-hydroxylation sites is 2. The Balaban J connectivity index is 1.52. The first-order valence-corrected chi connectivity index (χ1v) is 13.2. The summed E-state index contributed by atoms with van der Waals surface area (Å²) in [6.07, 6.45) is 1.98. The van der Waals surface area contributed by atoms with Crippen molar-refractivity contribution < 1.29 is 14.3 Å². The third-order valence-electron chi connectivity index (χ3n) is 7.33. The second kappa shape index (κ2) is 10.7. The second-order valence-electron chi connectivity index (χ2n) is 10.9. The predicted molar refractivity (Wildman–Crippen MR) is 151 cm³/mol. The van der Waals surface area contributed by atoms with Crippen molar-refractivity contribution in [3.63, 3.8) is 0 Å². The van der Waals surface area contributed by atoms with Crippen molar-refractivity contribution >= 4 is 23.1 Å². The van der Waals surface area contributed by atoms with Crippen molar-refractivity contribution in [1.82, 2.24) is 5.32 Å². The van der Waals surface area contributed by atoms with E-state index in [1.165, 1.54) is 5.56 Å². The lowest BCUT2D eigenvalue weighted by atomic mass is 9.73. The molecule has 1 atom stereocenters. The molecule has 1 amide bonds. The molecule has 0 bridgehead atoms. The average molecular weight is 510 g/mol. The molecule has 0 spiro atoms. The Morgan fingerprint density at radius 3 is 2.45 bits per heavy atom. The monoisotopic (exact) mass is 509 g/mol. The molecule has 3 aromatic rings. The van der Waals surface area contributed by atoms with E-state index in [0.717, 1.165) is 46.8 Å². The molecule has 0 fully saturated rings. The Hall–Kier alpha value is -4.06. The minimum Gasteiger partial charge on any atom is -0.497 e. The number of Topliss-reactive ketones (excluding diaryl/α,β-unsaturated/α-hetero) is 1. The van der Waals surface area contributed by atoms with Crippen LogP contribution < -0.4 is 20.3 Å².